The van der Waals surface area contributed by atoms with E-state index in [1.165, 1.54) is 24.3 Å². The number of anilines is 1. The Labute approximate surface area is 168 Å². The van der Waals surface area contributed by atoms with Crippen molar-refractivity contribution in [1.29, 1.82) is 0 Å². The summed E-state index contributed by atoms with van der Waals surface area (Å²) < 4.78 is 14.2. The molecule has 0 spiro atoms. The maximum Gasteiger partial charge on any atom is 0.283 e. The van der Waals surface area contributed by atoms with Crippen molar-refractivity contribution in [2.45, 2.75) is 0 Å². The number of carbonyl (C=O) groups excluding carboxylic acids is 2. The average Bonchev–Trinajstić information content (AvgIpc) is 2.92. The van der Waals surface area contributed by atoms with Gasteiger partial charge in [0.2, 0.25) is 5.91 Å². The second-order valence-corrected chi connectivity index (χ2v) is 7.20. The Balaban J connectivity index is 2.02. The number of amidine groups is 1. The van der Waals surface area contributed by atoms with E-state index in [9.17, 15) is 14.0 Å². The number of primary amides is 1. The van der Waals surface area contributed by atoms with Crippen LogP contribution in [0.5, 0.6) is 0 Å². The number of carbonyl (C=O) groups is 2. The number of thioether (sulfide) groups is 1. The highest BCUT2D eigenvalue weighted by Gasteiger charge is 2.33. The highest BCUT2D eigenvalue weighted by atomic mass is 35.5. The Kier molecular flexibility index (Phi) is 5.84. The van der Waals surface area contributed by atoms with E-state index in [0.717, 1.165) is 16.7 Å². The molecule has 0 saturated carbocycles. The van der Waals surface area contributed by atoms with Gasteiger partial charge >= 0.3 is 0 Å². The zero-order valence-corrected chi connectivity index (χ0v) is 16.0. The zero-order valence-electron chi connectivity index (χ0n) is 13.7. The predicted octanol–water partition coefficient (Wildman–Crippen LogP) is 4.09. The Morgan fingerprint density at radius 1 is 1.22 bits per heavy atom. The lowest BCUT2D eigenvalue weighted by Gasteiger charge is -2.17. The molecular weight excluding hydrogens is 412 g/mol. The number of amides is 2. The molecule has 2 N–H and O–H groups in total. The smallest absolute Gasteiger partial charge is 0.283 e. The highest BCUT2D eigenvalue weighted by Crippen LogP contribution is 2.31. The van der Waals surface area contributed by atoms with Crippen molar-refractivity contribution in [2.75, 3.05) is 10.7 Å². The summed E-state index contributed by atoms with van der Waals surface area (Å²) in [5.74, 6) is -1.80. The SMILES string of the molecule is NC(=O)CSC1=N/C(=C/c2ccc(Cl)c(Cl)c2)C(=O)N1c1ccccc1F. The molecule has 0 aromatic heterocycles. The summed E-state index contributed by atoms with van der Waals surface area (Å²) in [7, 11) is 0. The van der Waals surface area contributed by atoms with Crippen LogP contribution in [0.3, 0.4) is 0 Å². The summed E-state index contributed by atoms with van der Waals surface area (Å²) in [4.78, 5) is 29.3. The fourth-order valence-corrected chi connectivity index (χ4v) is 3.39. The fraction of sp³-hybridized carbons (Fsp3) is 0.0556. The van der Waals surface area contributed by atoms with Crippen molar-refractivity contribution in [3.63, 3.8) is 0 Å². The van der Waals surface area contributed by atoms with Crippen LogP contribution in [-0.2, 0) is 9.59 Å². The van der Waals surface area contributed by atoms with Crippen LogP contribution in [0.2, 0.25) is 10.0 Å². The predicted molar refractivity (Wildman–Crippen MR) is 107 cm³/mol. The lowest BCUT2D eigenvalue weighted by Crippen LogP contribution is -2.32. The van der Waals surface area contributed by atoms with E-state index in [2.05, 4.69) is 4.99 Å². The van der Waals surface area contributed by atoms with Gasteiger partial charge in [0.05, 0.1) is 21.5 Å². The normalized spacial score (nSPS) is 15.4. The Morgan fingerprint density at radius 2 is 1.96 bits per heavy atom. The molecule has 1 heterocycles. The molecule has 0 aliphatic carbocycles. The number of hydrogen-bond donors (Lipinski definition) is 1. The Bertz CT molecular complexity index is 994. The highest BCUT2D eigenvalue weighted by molar-refractivity contribution is 8.14. The number of nitrogens with zero attached hydrogens (tertiary/aromatic N) is 2. The van der Waals surface area contributed by atoms with Crippen LogP contribution >= 0.6 is 35.0 Å². The van der Waals surface area contributed by atoms with Gasteiger partial charge in [0.15, 0.2) is 5.17 Å². The molecule has 5 nitrogen and oxygen atoms in total. The molecule has 3 rings (SSSR count). The number of aliphatic imine (C=N–C) groups is 1. The molecular formula is C18H12Cl2FN3O2S. The summed E-state index contributed by atoms with van der Waals surface area (Å²) in [5, 5.41) is 0.871. The molecule has 2 aromatic rings. The van der Waals surface area contributed by atoms with E-state index in [4.69, 9.17) is 28.9 Å². The lowest BCUT2D eigenvalue weighted by molar-refractivity contribution is -0.115. The van der Waals surface area contributed by atoms with Crippen molar-refractivity contribution in [3.05, 3.63) is 69.6 Å². The fourth-order valence-electron chi connectivity index (χ4n) is 2.33. The first kappa shape index (κ1) is 19.4. The van der Waals surface area contributed by atoms with Crippen LogP contribution in [0.25, 0.3) is 6.08 Å². The number of rotatable bonds is 4. The van der Waals surface area contributed by atoms with Crippen molar-refractivity contribution in [2.24, 2.45) is 10.7 Å². The maximum atomic E-state index is 14.2. The van der Waals surface area contributed by atoms with E-state index in [1.807, 2.05) is 0 Å². The number of halogens is 3. The van der Waals surface area contributed by atoms with Crippen LogP contribution < -0.4 is 10.6 Å². The second-order valence-electron chi connectivity index (χ2n) is 5.44. The molecule has 138 valence electrons. The van der Waals surface area contributed by atoms with E-state index in [-0.39, 0.29) is 22.3 Å². The van der Waals surface area contributed by atoms with Crippen LogP contribution in [-0.4, -0.2) is 22.7 Å². The topological polar surface area (TPSA) is 75.8 Å². The third-order valence-electron chi connectivity index (χ3n) is 3.51. The van der Waals surface area contributed by atoms with Gasteiger partial charge < -0.3 is 5.73 Å². The van der Waals surface area contributed by atoms with E-state index in [1.54, 1.807) is 24.3 Å². The van der Waals surface area contributed by atoms with Crippen LogP contribution in [0.1, 0.15) is 5.56 Å². The molecule has 0 fully saturated rings. The van der Waals surface area contributed by atoms with Crippen molar-refractivity contribution >= 4 is 63.7 Å². The van der Waals surface area contributed by atoms with Crippen LogP contribution in [0.4, 0.5) is 10.1 Å². The minimum absolute atomic E-state index is 0.0377. The monoisotopic (exact) mass is 423 g/mol. The Morgan fingerprint density at radius 3 is 2.63 bits per heavy atom. The van der Waals surface area contributed by atoms with Gasteiger partial charge in [-0.15, -0.1) is 0 Å². The number of benzene rings is 2. The lowest BCUT2D eigenvalue weighted by atomic mass is 10.2. The van der Waals surface area contributed by atoms with Gasteiger partial charge in [-0.3, -0.25) is 14.5 Å². The van der Waals surface area contributed by atoms with Gasteiger partial charge in [-0.2, -0.15) is 0 Å². The molecule has 1 aliphatic rings. The molecule has 0 unspecified atom stereocenters. The minimum atomic E-state index is -0.589. The number of hydrogen-bond acceptors (Lipinski definition) is 4. The first-order valence-corrected chi connectivity index (χ1v) is 9.36. The first-order valence-electron chi connectivity index (χ1n) is 7.62. The Hall–Kier alpha value is -2.35. The summed E-state index contributed by atoms with van der Waals surface area (Å²) in [5.41, 5.74) is 5.89. The minimum Gasteiger partial charge on any atom is -0.369 e. The summed E-state index contributed by atoms with van der Waals surface area (Å²) in [6.07, 6.45) is 1.51. The molecule has 2 amide bonds. The van der Waals surface area contributed by atoms with E-state index >= 15 is 0 Å². The average molecular weight is 424 g/mol. The first-order chi connectivity index (χ1) is 12.9. The van der Waals surface area contributed by atoms with Gasteiger partial charge in [-0.25, -0.2) is 9.38 Å². The number of para-hydroxylation sites is 1. The van der Waals surface area contributed by atoms with Gasteiger partial charge in [0, 0.05) is 0 Å². The molecule has 0 radical (unpaired) electrons. The quantitative estimate of drug-likeness (QED) is 0.752. The van der Waals surface area contributed by atoms with Gasteiger partial charge in [-0.1, -0.05) is 53.2 Å². The van der Waals surface area contributed by atoms with Gasteiger partial charge in [0.1, 0.15) is 11.5 Å². The van der Waals surface area contributed by atoms with E-state index in [0.29, 0.717) is 15.6 Å². The van der Waals surface area contributed by atoms with Gasteiger partial charge in [0.25, 0.3) is 5.91 Å². The third kappa shape index (κ3) is 4.32. The van der Waals surface area contributed by atoms with Gasteiger partial charge in [-0.05, 0) is 35.9 Å². The molecule has 0 bridgehead atoms. The second kappa shape index (κ2) is 8.12. The van der Waals surface area contributed by atoms with Crippen molar-refractivity contribution in [1.82, 2.24) is 0 Å². The van der Waals surface area contributed by atoms with Crippen molar-refractivity contribution < 1.29 is 14.0 Å². The van der Waals surface area contributed by atoms with Crippen LogP contribution in [0.15, 0.2) is 53.2 Å². The summed E-state index contributed by atoms with van der Waals surface area (Å²) in [6, 6.07) is 10.7. The molecule has 1 aliphatic heterocycles. The summed E-state index contributed by atoms with van der Waals surface area (Å²) >= 11 is 12.8. The number of nitrogens with two attached hydrogens (primary N) is 1. The summed E-state index contributed by atoms with van der Waals surface area (Å²) in [6.45, 7) is 0. The molecule has 9 heteroatoms. The zero-order chi connectivity index (χ0) is 19.6. The third-order valence-corrected chi connectivity index (χ3v) is 5.21. The molecule has 0 atom stereocenters. The molecule has 2 aromatic carbocycles. The largest absolute Gasteiger partial charge is 0.369 e. The standard InChI is InChI=1S/C18H12Cl2FN3O2S/c19-11-6-5-10(7-12(11)20)8-14-17(26)24(15-4-2-1-3-13(15)21)18(23-14)27-9-16(22)25/h1-8H,9H2,(H2,22,25)/b14-8+. The maximum absolute atomic E-state index is 14.2. The van der Waals surface area contributed by atoms with E-state index < -0.39 is 17.6 Å². The molecule has 0 saturated heterocycles. The van der Waals surface area contributed by atoms with Crippen LogP contribution in [0, 0.1) is 5.82 Å². The molecule has 27 heavy (non-hydrogen) atoms. The van der Waals surface area contributed by atoms with Crippen molar-refractivity contribution in [3.8, 4) is 0 Å².